The van der Waals surface area contributed by atoms with E-state index in [1.165, 1.54) is 0 Å². The minimum Gasteiger partial charge on any atom is -1.00 e. The van der Waals surface area contributed by atoms with E-state index in [2.05, 4.69) is 0 Å². The van der Waals surface area contributed by atoms with Crippen molar-refractivity contribution in [3.63, 3.8) is 0 Å². The SMILES string of the molecule is O=P([O-])([O-])[O-].O=P([O-])([O-])[O-].O=P([O-])([O-])[O-].O=P([O-])([O-])[O-].O=P([O-])([O-])[O-].[F-].[F-].[F-].[F-].[F-].[Fe+3].[Fe+3].[Fe+3].[Fe+3].[Mg+2].[Mg+2].[Mg+2].[Mg+2]. The number of halogens is 5. The molecule has 38 heavy (non-hydrogen) atoms. The quantitative estimate of drug-likeness (QED) is 0.124. The van der Waals surface area contributed by atoms with Crippen LogP contribution in [-0.2, 0) is 91.1 Å². The van der Waals surface area contributed by atoms with Gasteiger partial charge in [0.05, 0.1) is 0 Å². The molecule has 0 unspecified atom stereocenters. The predicted molar refractivity (Wildman–Crippen MR) is 61.0 cm³/mol. The van der Waals surface area contributed by atoms with Crippen molar-refractivity contribution in [3.05, 3.63) is 0 Å². The molecular weight excluding hydrogens is 890 g/mol. The topological polar surface area (TPSA) is 431 Å². The summed E-state index contributed by atoms with van der Waals surface area (Å²) in [5.41, 5.74) is 0. The Morgan fingerprint density at radius 1 is 0.237 bits per heavy atom. The molecule has 20 nitrogen and oxygen atoms in total. The van der Waals surface area contributed by atoms with Crippen molar-refractivity contribution in [1.82, 2.24) is 0 Å². The summed E-state index contributed by atoms with van der Waals surface area (Å²) in [6, 6.07) is 0. The molecule has 0 aromatic carbocycles. The Hall–Kier alpha value is 5.34. The summed E-state index contributed by atoms with van der Waals surface area (Å²) in [5.74, 6) is 0. The first kappa shape index (κ1) is 121. The smallest absolute Gasteiger partial charge is 1.00 e. The van der Waals surface area contributed by atoms with Gasteiger partial charge in [0, 0.05) is 0 Å². The maximum Gasteiger partial charge on any atom is 3.00 e. The molecule has 0 N–H and O–H groups in total. The van der Waals surface area contributed by atoms with Crippen molar-refractivity contribution < 1.29 is 188 Å². The van der Waals surface area contributed by atoms with Crippen LogP contribution in [0.1, 0.15) is 0 Å². The van der Waals surface area contributed by atoms with Gasteiger partial charge in [0.2, 0.25) is 0 Å². The first-order valence-electron chi connectivity index (χ1n) is 3.65. The monoisotopic (exact) mass is 889 g/mol. The van der Waals surface area contributed by atoms with Crippen molar-refractivity contribution in [3.8, 4) is 0 Å². The van der Waals surface area contributed by atoms with Gasteiger partial charge in [-0.3, -0.25) is 0 Å². The molecule has 0 saturated carbocycles. The summed E-state index contributed by atoms with van der Waals surface area (Å²) >= 11 is 0. The number of phosphoric acid groups is 5. The van der Waals surface area contributed by atoms with Gasteiger partial charge in [0.25, 0.3) is 0 Å². The van der Waals surface area contributed by atoms with E-state index in [1.54, 1.807) is 0 Å². The van der Waals surface area contributed by atoms with Crippen molar-refractivity contribution in [2.45, 2.75) is 0 Å². The third-order valence-electron chi connectivity index (χ3n) is 0. The Morgan fingerprint density at radius 2 is 0.237 bits per heavy atom. The van der Waals surface area contributed by atoms with Crippen LogP contribution in [0, 0.1) is 0 Å². The number of rotatable bonds is 0. The molecule has 0 heterocycles. The van der Waals surface area contributed by atoms with Crippen molar-refractivity contribution in [1.29, 1.82) is 0 Å². The molecule has 4 radical (unpaired) electrons. The fourth-order valence-corrected chi connectivity index (χ4v) is 0. The summed E-state index contributed by atoms with van der Waals surface area (Å²) in [6.07, 6.45) is 0. The second-order valence-corrected chi connectivity index (χ2v) is 6.71. The normalized spacial score (nSPS) is 7.76. The van der Waals surface area contributed by atoms with Gasteiger partial charge >= 0.3 is 160 Å². The standard InChI is InChI=1S/5FH.4Fe.4Mg.5H3O4P/c;;;;;;;;;;;;;5*1-5(2,3)4/h5*1H;;;;;;;;;5*(H3,1,2,3,4)/q;;;;;4*+3;4*+2;;;;;/p-20. The van der Waals surface area contributed by atoms with E-state index in [0.29, 0.717) is 0 Å². The van der Waals surface area contributed by atoms with Gasteiger partial charge in [-0.2, -0.15) is 39.1 Å². The van der Waals surface area contributed by atoms with E-state index >= 15 is 0 Å². The molecule has 0 aliphatic rings. The third kappa shape index (κ3) is 2360. The summed E-state index contributed by atoms with van der Waals surface area (Å²) in [5, 5.41) is 0. The molecule has 0 fully saturated rings. The fourth-order valence-electron chi connectivity index (χ4n) is 0. The van der Waals surface area contributed by atoms with Crippen LogP contribution in [0.15, 0.2) is 0 Å². The molecule has 0 amide bonds. The number of hydrogen-bond donors (Lipinski definition) is 0. The van der Waals surface area contributed by atoms with Gasteiger partial charge in [0.1, 0.15) is 0 Å². The fraction of sp³-hybridized carbons (Fsp3) is 0. The van der Waals surface area contributed by atoms with Gasteiger partial charge in [-0.1, -0.05) is 0 Å². The predicted octanol–water partition coefficient (Wildman–Crippen LogP) is -30.6. The summed E-state index contributed by atoms with van der Waals surface area (Å²) < 4.78 is 42.7. The third-order valence-corrected chi connectivity index (χ3v) is 0. The molecule has 0 saturated heterocycles. The molecule has 0 aliphatic carbocycles. The van der Waals surface area contributed by atoms with E-state index in [-0.39, 0.29) is 184 Å². The number of hydrogen-bond acceptors (Lipinski definition) is 20. The summed E-state index contributed by atoms with van der Waals surface area (Å²) in [7, 11) is -26.9. The summed E-state index contributed by atoms with van der Waals surface area (Å²) in [6.45, 7) is 0. The van der Waals surface area contributed by atoms with Crippen LogP contribution < -0.4 is 96.9 Å². The van der Waals surface area contributed by atoms with Crippen LogP contribution in [-0.4, -0.2) is 92.2 Å². The van der Waals surface area contributed by atoms with Crippen LogP contribution in [0.3, 0.4) is 0 Å². The zero-order chi connectivity index (χ0) is 22.5. The van der Waals surface area contributed by atoms with E-state index < -0.39 is 39.1 Å². The second kappa shape index (κ2) is 57.9. The Balaban J connectivity index is -0.00000000758. The molecule has 0 aliphatic heterocycles. The maximum absolute atomic E-state index is 8.55. The molecule has 0 aromatic rings. The maximum atomic E-state index is 8.55. The first-order chi connectivity index (χ1) is 10.0. The molecule has 0 atom stereocenters. The minimum absolute atomic E-state index is 0. The van der Waals surface area contributed by atoms with Crippen molar-refractivity contribution in [2.24, 2.45) is 0 Å². The van der Waals surface area contributed by atoms with Crippen LogP contribution in [0.5, 0.6) is 0 Å². The molecule has 0 spiro atoms. The van der Waals surface area contributed by atoms with Crippen LogP contribution in [0.4, 0.5) is 0 Å². The van der Waals surface area contributed by atoms with Crippen LogP contribution in [0.2, 0.25) is 0 Å². The van der Waals surface area contributed by atoms with Gasteiger partial charge in [-0.05, 0) is 0 Å². The molecule has 220 valence electrons. The largest absolute Gasteiger partial charge is 3.00 e. The van der Waals surface area contributed by atoms with Crippen LogP contribution in [0.25, 0.3) is 0 Å². The Morgan fingerprint density at radius 3 is 0.237 bits per heavy atom. The van der Waals surface area contributed by atoms with Crippen LogP contribution >= 0.6 is 39.1 Å². The van der Waals surface area contributed by atoms with E-state index in [9.17, 15) is 0 Å². The zero-order valence-electron chi connectivity index (χ0n) is 16.5. The van der Waals surface area contributed by atoms with Gasteiger partial charge < -0.3 is 120 Å². The molecule has 0 bridgehead atoms. The van der Waals surface area contributed by atoms with Gasteiger partial charge in [-0.15, -0.1) is 0 Å². The first-order valence-corrected chi connectivity index (χ1v) is 11.0. The van der Waals surface area contributed by atoms with Crippen molar-refractivity contribution in [2.75, 3.05) is 0 Å². The van der Waals surface area contributed by atoms with Gasteiger partial charge in [-0.25, -0.2) is 0 Å². The molecule has 0 rings (SSSR count). The van der Waals surface area contributed by atoms with Crippen molar-refractivity contribution >= 4 is 131 Å². The van der Waals surface area contributed by atoms with E-state index in [4.69, 9.17) is 96.2 Å². The Labute approximate surface area is 315 Å². The molecule has 0 aromatic heterocycles. The van der Waals surface area contributed by atoms with E-state index in [0.717, 1.165) is 0 Å². The Bertz CT molecular complexity index is 421. The molecule has 38 heteroatoms. The summed E-state index contributed by atoms with van der Waals surface area (Å²) in [4.78, 5) is 128. The Kier molecular flexibility index (Phi) is 184. The van der Waals surface area contributed by atoms with Gasteiger partial charge in [0.15, 0.2) is 0 Å². The average molecular weight is 890 g/mol. The average Bonchev–Trinajstić information content (AvgIpc) is 1.79. The zero-order valence-corrected chi connectivity index (χ0v) is 31.1. The minimum atomic E-state index is -5.39. The van der Waals surface area contributed by atoms with E-state index in [1.807, 2.05) is 0 Å². The molecular formula is F5Fe4Mg4O20P5. The second-order valence-electron chi connectivity index (χ2n) is 2.24.